The molecular formula is C15H13N3O. The van der Waals surface area contributed by atoms with Crippen LogP contribution in [-0.2, 0) is 0 Å². The molecule has 0 amide bonds. The van der Waals surface area contributed by atoms with E-state index in [2.05, 4.69) is 9.97 Å². The van der Waals surface area contributed by atoms with Gasteiger partial charge in [-0.2, -0.15) is 0 Å². The molecule has 0 radical (unpaired) electrons. The summed E-state index contributed by atoms with van der Waals surface area (Å²) in [4.78, 5) is 8.49. The van der Waals surface area contributed by atoms with Crippen LogP contribution in [0.5, 0.6) is 11.6 Å². The molecule has 0 fully saturated rings. The largest absolute Gasteiger partial charge is 0.439 e. The average Bonchev–Trinajstić information content (AvgIpc) is 2.42. The number of pyridine rings is 2. The fourth-order valence-electron chi connectivity index (χ4n) is 1.91. The lowest BCUT2D eigenvalue weighted by atomic mass is 10.2. The van der Waals surface area contributed by atoms with E-state index in [1.165, 1.54) is 0 Å². The maximum absolute atomic E-state index is 5.77. The van der Waals surface area contributed by atoms with Crippen LogP contribution in [0.15, 0.2) is 48.8 Å². The maximum atomic E-state index is 5.77. The van der Waals surface area contributed by atoms with Crippen molar-refractivity contribution in [1.29, 1.82) is 0 Å². The van der Waals surface area contributed by atoms with Gasteiger partial charge in [0.1, 0.15) is 5.75 Å². The summed E-state index contributed by atoms with van der Waals surface area (Å²) in [6.07, 6.45) is 3.35. The number of ether oxygens (including phenoxy) is 1. The number of hydrogen-bond donors (Lipinski definition) is 1. The number of anilines is 1. The van der Waals surface area contributed by atoms with Crippen LogP contribution in [0.25, 0.3) is 10.9 Å². The molecule has 3 rings (SSSR count). The number of aryl methyl sites for hydroxylation is 1. The van der Waals surface area contributed by atoms with Crippen LogP contribution in [0.2, 0.25) is 0 Å². The molecule has 4 nitrogen and oxygen atoms in total. The van der Waals surface area contributed by atoms with Crippen LogP contribution in [-0.4, -0.2) is 9.97 Å². The molecule has 94 valence electrons. The number of benzene rings is 1. The SMILES string of the molecule is Cc1cc(N)cnc1Oc1ccc2cccnc2c1. The van der Waals surface area contributed by atoms with E-state index < -0.39 is 0 Å². The highest BCUT2D eigenvalue weighted by Crippen LogP contribution is 2.26. The first-order chi connectivity index (χ1) is 9.22. The summed E-state index contributed by atoms with van der Waals surface area (Å²) in [5.41, 5.74) is 8.10. The van der Waals surface area contributed by atoms with Gasteiger partial charge in [0.15, 0.2) is 0 Å². The summed E-state index contributed by atoms with van der Waals surface area (Å²) < 4.78 is 5.77. The highest BCUT2D eigenvalue weighted by Gasteiger charge is 2.04. The highest BCUT2D eigenvalue weighted by atomic mass is 16.5. The number of nitrogen functional groups attached to an aromatic ring is 1. The Hall–Kier alpha value is -2.62. The minimum absolute atomic E-state index is 0.560. The Kier molecular flexibility index (Phi) is 2.76. The monoisotopic (exact) mass is 251 g/mol. The zero-order chi connectivity index (χ0) is 13.2. The molecular weight excluding hydrogens is 238 g/mol. The van der Waals surface area contributed by atoms with Crippen LogP contribution >= 0.6 is 0 Å². The standard InChI is InChI=1S/C15H13N3O/c1-10-7-12(16)9-18-15(10)19-13-5-4-11-3-2-6-17-14(11)8-13/h2-9H,16H2,1H3. The van der Waals surface area contributed by atoms with Crippen molar-refractivity contribution in [3.05, 3.63) is 54.4 Å². The average molecular weight is 251 g/mol. The lowest BCUT2D eigenvalue weighted by Crippen LogP contribution is -1.94. The Morgan fingerprint density at radius 2 is 2.00 bits per heavy atom. The van der Waals surface area contributed by atoms with Crippen molar-refractivity contribution in [2.24, 2.45) is 0 Å². The fourth-order valence-corrected chi connectivity index (χ4v) is 1.91. The van der Waals surface area contributed by atoms with Gasteiger partial charge in [0.05, 0.1) is 17.4 Å². The Bertz CT molecular complexity index is 740. The van der Waals surface area contributed by atoms with E-state index in [4.69, 9.17) is 10.5 Å². The summed E-state index contributed by atoms with van der Waals surface area (Å²) in [7, 11) is 0. The van der Waals surface area contributed by atoms with Gasteiger partial charge in [-0.05, 0) is 31.2 Å². The zero-order valence-corrected chi connectivity index (χ0v) is 10.5. The minimum Gasteiger partial charge on any atom is -0.439 e. The number of nitrogens with two attached hydrogens (primary N) is 1. The van der Waals surface area contributed by atoms with Crippen LogP contribution in [0, 0.1) is 6.92 Å². The van der Waals surface area contributed by atoms with Crippen molar-refractivity contribution >= 4 is 16.6 Å². The van der Waals surface area contributed by atoms with Gasteiger partial charge in [-0.1, -0.05) is 6.07 Å². The summed E-state index contributed by atoms with van der Waals surface area (Å²) in [5.74, 6) is 1.27. The first-order valence-electron chi connectivity index (χ1n) is 5.97. The van der Waals surface area contributed by atoms with Crippen LogP contribution in [0.4, 0.5) is 5.69 Å². The second-order valence-corrected chi connectivity index (χ2v) is 4.35. The van der Waals surface area contributed by atoms with E-state index in [1.54, 1.807) is 12.4 Å². The third-order valence-electron chi connectivity index (χ3n) is 2.84. The number of hydrogen-bond acceptors (Lipinski definition) is 4. The maximum Gasteiger partial charge on any atom is 0.222 e. The Morgan fingerprint density at radius 1 is 1.11 bits per heavy atom. The molecule has 2 aromatic heterocycles. The van der Waals surface area contributed by atoms with Crippen LogP contribution in [0.1, 0.15) is 5.56 Å². The fraction of sp³-hybridized carbons (Fsp3) is 0.0667. The van der Waals surface area contributed by atoms with Gasteiger partial charge in [0.2, 0.25) is 5.88 Å². The summed E-state index contributed by atoms with van der Waals surface area (Å²) in [5, 5.41) is 1.08. The molecule has 0 spiro atoms. The second-order valence-electron chi connectivity index (χ2n) is 4.35. The Morgan fingerprint density at radius 3 is 2.84 bits per heavy atom. The van der Waals surface area contributed by atoms with E-state index in [1.807, 2.05) is 43.3 Å². The van der Waals surface area contributed by atoms with E-state index in [-0.39, 0.29) is 0 Å². The molecule has 2 N–H and O–H groups in total. The molecule has 0 saturated heterocycles. The summed E-state index contributed by atoms with van der Waals surface area (Å²) >= 11 is 0. The van der Waals surface area contributed by atoms with Crippen molar-refractivity contribution < 1.29 is 4.74 Å². The van der Waals surface area contributed by atoms with Gasteiger partial charge in [-0.25, -0.2) is 4.98 Å². The molecule has 0 saturated carbocycles. The van der Waals surface area contributed by atoms with Gasteiger partial charge >= 0.3 is 0 Å². The zero-order valence-electron chi connectivity index (χ0n) is 10.5. The molecule has 0 aliphatic rings. The molecule has 19 heavy (non-hydrogen) atoms. The number of rotatable bonds is 2. The Balaban J connectivity index is 1.96. The second kappa shape index (κ2) is 4.57. The van der Waals surface area contributed by atoms with Crippen molar-refractivity contribution in [3.63, 3.8) is 0 Å². The minimum atomic E-state index is 0.560. The van der Waals surface area contributed by atoms with Gasteiger partial charge in [-0.15, -0.1) is 0 Å². The first-order valence-corrected chi connectivity index (χ1v) is 5.97. The lowest BCUT2D eigenvalue weighted by molar-refractivity contribution is 0.460. The first kappa shape index (κ1) is 11.5. The highest BCUT2D eigenvalue weighted by molar-refractivity contribution is 5.79. The molecule has 0 aliphatic carbocycles. The van der Waals surface area contributed by atoms with Gasteiger partial charge in [0.25, 0.3) is 0 Å². The smallest absolute Gasteiger partial charge is 0.222 e. The molecule has 0 bridgehead atoms. The normalized spacial score (nSPS) is 10.6. The Labute approximate surface area is 110 Å². The van der Waals surface area contributed by atoms with E-state index in [9.17, 15) is 0 Å². The third-order valence-corrected chi connectivity index (χ3v) is 2.84. The predicted octanol–water partition coefficient (Wildman–Crippen LogP) is 3.31. The van der Waals surface area contributed by atoms with Gasteiger partial charge < -0.3 is 10.5 Å². The molecule has 4 heteroatoms. The van der Waals surface area contributed by atoms with Crippen molar-refractivity contribution in [2.75, 3.05) is 5.73 Å². The number of fused-ring (bicyclic) bond motifs is 1. The van der Waals surface area contributed by atoms with Crippen molar-refractivity contribution in [3.8, 4) is 11.6 Å². The molecule has 0 unspecified atom stereocenters. The van der Waals surface area contributed by atoms with Crippen LogP contribution < -0.4 is 10.5 Å². The van der Waals surface area contributed by atoms with E-state index in [0.717, 1.165) is 16.5 Å². The van der Waals surface area contributed by atoms with Crippen molar-refractivity contribution in [1.82, 2.24) is 9.97 Å². The molecule has 0 atom stereocenters. The number of aromatic nitrogens is 2. The number of nitrogens with zero attached hydrogens (tertiary/aromatic N) is 2. The molecule has 3 aromatic rings. The predicted molar refractivity (Wildman–Crippen MR) is 75.2 cm³/mol. The lowest BCUT2D eigenvalue weighted by Gasteiger charge is -2.08. The van der Waals surface area contributed by atoms with E-state index >= 15 is 0 Å². The topological polar surface area (TPSA) is 61.0 Å². The summed E-state index contributed by atoms with van der Waals surface area (Å²) in [6, 6.07) is 11.5. The van der Waals surface area contributed by atoms with Crippen LogP contribution in [0.3, 0.4) is 0 Å². The summed E-state index contributed by atoms with van der Waals surface area (Å²) in [6.45, 7) is 1.91. The van der Waals surface area contributed by atoms with E-state index in [0.29, 0.717) is 17.3 Å². The van der Waals surface area contributed by atoms with Crippen molar-refractivity contribution in [2.45, 2.75) is 6.92 Å². The quantitative estimate of drug-likeness (QED) is 0.759. The molecule has 2 heterocycles. The van der Waals surface area contributed by atoms with Gasteiger partial charge in [-0.3, -0.25) is 4.98 Å². The third kappa shape index (κ3) is 2.33. The van der Waals surface area contributed by atoms with Gasteiger partial charge in [0, 0.05) is 23.2 Å². The molecule has 0 aliphatic heterocycles. The molecule has 1 aromatic carbocycles.